The number of nitrogens with zero attached hydrogens (tertiary/aromatic N) is 3. The lowest BCUT2D eigenvalue weighted by molar-refractivity contribution is 0.0621. The third-order valence-corrected chi connectivity index (χ3v) is 5.87. The lowest BCUT2D eigenvalue weighted by atomic mass is 9.84. The topological polar surface area (TPSA) is 71.3 Å². The van der Waals surface area contributed by atoms with Crippen LogP contribution in [-0.2, 0) is 0 Å². The number of hydrogen-bond donors (Lipinski definition) is 1. The Bertz CT molecular complexity index is 919. The van der Waals surface area contributed by atoms with Crippen molar-refractivity contribution < 1.29 is 9.21 Å². The van der Waals surface area contributed by atoms with Gasteiger partial charge in [-0.05, 0) is 44.0 Å². The van der Waals surface area contributed by atoms with E-state index in [1.807, 2.05) is 23.6 Å². The maximum atomic E-state index is 12.9. The first-order valence-electron chi connectivity index (χ1n) is 8.59. The molecule has 5 heterocycles. The van der Waals surface area contributed by atoms with Gasteiger partial charge in [-0.3, -0.25) is 4.79 Å². The Balaban J connectivity index is 0.00000168. The van der Waals surface area contributed by atoms with Crippen molar-refractivity contribution >= 4 is 40.8 Å². The van der Waals surface area contributed by atoms with Gasteiger partial charge >= 0.3 is 0 Å². The highest BCUT2D eigenvalue weighted by Crippen LogP contribution is 2.29. The fourth-order valence-corrected chi connectivity index (χ4v) is 4.46. The predicted molar refractivity (Wildman–Crippen MR) is 103 cm³/mol. The number of carbonyl (C=O) groups excluding carboxylic acids is 1. The molecule has 3 fully saturated rings. The van der Waals surface area contributed by atoms with Crippen LogP contribution in [0.4, 0.5) is 0 Å². The van der Waals surface area contributed by atoms with Crippen LogP contribution < -0.4 is 5.32 Å². The number of hydrogen-bond acceptors (Lipinski definition) is 6. The molecule has 0 aliphatic carbocycles. The van der Waals surface area contributed by atoms with Crippen LogP contribution in [-0.4, -0.2) is 46.5 Å². The standard InChI is InChI=1S/C18H18N4O2S.ClH/c23-17(20-13-8-22-6-4-11(13)5-7-22)12-2-1-3-15-16(12)21-18(24-15)14-9-25-10-19-14;/h1-3,9-11,13H,4-8H2,(H,20,23);1H/t13-;/m1./s1. The minimum Gasteiger partial charge on any atom is -0.435 e. The number of halogens is 1. The van der Waals surface area contributed by atoms with Gasteiger partial charge in [0.2, 0.25) is 5.89 Å². The first kappa shape index (κ1) is 17.5. The van der Waals surface area contributed by atoms with E-state index in [2.05, 4.69) is 20.2 Å². The number of benzene rings is 1. The summed E-state index contributed by atoms with van der Waals surface area (Å²) in [5.41, 5.74) is 4.23. The van der Waals surface area contributed by atoms with Gasteiger partial charge in [-0.1, -0.05) is 6.07 Å². The molecule has 0 spiro atoms. The number of thiazole rings is 1. The first-order chi connectivity index (χ1) is 12.3. The molecule has 136 valence electrons. The van der Waals surface area contributed by atoms with E-state index in [4.69, 9.17) is 4.42 Å². The van der Waals surface area contributed by atoms with Crippen LogP contribution in [0.1, 0.15) is 23.2 Å². The Morgan fingerprint density at radius 2 is 2.15 bits per heavy atom. The number of nitrogens with one attached hydrogen (secondary N) is 1. The summed E-state index contributed by atoms with van der Waals surface area (Å²) in [6.45, 7) is 3.27. The molecule has 0 radical (unpaired) electrons. The Labute approximate surface area is 161 Å². The molecular formula is C18H19ClN4O2S. The van der Waals surface area contributed by atoms with Crippen molar-refractivity contribution in [2.75, 3.05) is 19.6 Å². The summed E-state index contributed by atoms with van der Waals surface area (Å²) < 4.78 is 5.79. The second-order valence-electron chi connectivity index (χ2n) is 6.76. The van der Waals surface area contributed by atoms with Crippen LogP contribution in [0.15, 0.2) is 33.5 Å². The molecular weight excluding hydrogens is 372 g/mol. The smallest absolute Gasteiger partial charge is 0.253 e. The SMILES string of the molecule is Cl.O=C(N[C@@H]1CN2CCC1CC2)c1cccc2oc(-c3cscn3)nc12. The third-order valence-electron chi connectivity index (χ3n) is 5.29. The Hall–Kier alpha value is -1.96. The maximum absolute atomic E-state index is 12.9. The third kappa shape index (κ3) is 3.00. The number of rotatable bonds is 3. The quantitative estimate of drug-likeness (QED) is 0.743. The van der Waals surface area contributed by atoms with Crippen LogP contribution >= 0.6 is 23.7 Å². The molecule has 3 aliphatic rings. The van der Waals surface area contributed by atoms with E-state index in [0.717, 1.165) is 19.6 Å². The van der Waals surface area contributed by atoms with Crippen LogP contribution in [0.2, 0.25) is 0 Å². The molecule has 6 nitrogen and oxygen atoms in total. The van der Waals surface area contributed by atoms with Gasteiger partial charge in [0.15, 0.2) is 5.58 Å². The van der Waals surface area contributed by atoms with Gasteiger partial charge < -0.3 is 14.6 Å². The average molecular weight is 391 g/mol. The minimum atomic E-state index is -0.0672. The zero-order valence-electron chi connectivity index (χ0n) is 14.1. The van der Waals surface area contributed by atoms with Crippen LogP contribution in [0.5, 0.6) is 0 Å². The second-order valence-corrected chi connectivity index (χ2v) is 7.48. The zero-order valence-corrected chi connectivity index (χ0v) is 15.7. The van der Waals surface area contributed by atoms with Crippen molar-refractivity contribution in [3.8, 4) is 11.6 Å². The summed E-state index contributed by atoms with van der Waals surface area (Å²) in [5.74, 6) is 0.984. The molecule has 6 rings (SSSR count). The number of carbonyl (C=O) groups is 1. The van der Waals surface area contributed by atoms with E-state index in [1.165, 1.54) is 24.2 Å². The zero-order chi connectivity index (χ0) is 16.8. The van der Waals surface area contributed by atoms with Crippen molar-refractivity contribution in [2.24, 2.45) is 5.92 Å². The molecule has 0 saturated carbocycles. The minimum absolute atomic E-state index is 0. The van der Waals surface area contributed by atoms with Crippen molar-refractivity contribution in [3.05, 3.63) is 34.7 Å². The summed E-state index contributed by atoms with van der Waals surface area (Å²) in [6.07, 6.45) is 2.35. The number of aromatic nitrogens is 2. The predicted octanol–water partition coefficient (Wildman–Crippen LogP) is 3.20. The summed E-state index contributed by atoms with van der Waals surface area (Å²) >= 11 is 1.49. The second kappa shape index (κ2) is 6.98. The molecule has 8 heteroatoms. The van der Waals surface area contributed by atoms with E-state index >= 15 is 0 Å². The normalized spacial score (nSPS) is 24.4. The van der Waals surface area contributed by atoms with E-state index in [9.17, 15) is 4.79 Å². The molecule has 1 atom stereocenters. The number of piperidine rings is 3. The summed E-state index contributed by atoms with van der Waals surface area (Å²) in [5, 5.41) is 5.11. The van der Waals surface area contributed by atoms with Crippen molar-refractivity contribution in [2.45, 2.75) is 18.9 Å². The van der Waals surface area contributed by atoms with Gasteiger partial charge in [0.1, 0.15) is 11.2 Å². The molecule has 26 heavy (non-hydrogen) atoms. The summed E-state index contributed by atoms with van der Waals surface area (Å²) in [7, 11) is 0. The van der Waals surface area contributed by atoms with Gasteiger partial charge in [0.25, 0.3) is 5.91 Å². The van der Waals surface area contributed by atoms with Gasteiger partial charge in [-0.15, -0.1) is 23.7 Å². The summed E-state index contributed by atoms with van der Waals surface area (Å²) in [4.78, 5) is 24.1. The molecule has 3 aromatic rings. The molecule has 0 unspecified atom stereocenters. The monoisotopic (exact) mass is 390 g/mol. The Kier molecular flexibility index (Phi) is 4.69. The largest absolute Gasteiger partial charge is 0.435 e. The molecule has 1 aromatic carbocycles. The van der Waals surface area contributed by atoms with Gasteiger partial charge in [0, 0.05) is 18.0 Å². The molecule has 1 N–H and O–H groups in total. The highest BCUT2D eigenvalue weighted by molar-refractivity contribution is 7.07. The number of amides is 1. The van der Waals surface area contributed by atoms with E-state index in [1.54, 1.807) is 5.51 Å². The summed E-state index contributed by atoms with van der Waals surface area (Å²) in [6, 6.07) is 5.72. The fraction of sp³-hybridized carbons (Fsp3) is 0.389. The van der Waals surface area contributed by atoms with Crippen molar-refractivity contribution in [3.63, 3.8) is 0 Å². The lowest BCUT2D eigenvalue weighted by Crippen LogP contribution is -2.57. The van der Waals surface area contributed by atoms with Gasteiger partial charge in [-0.2, -0.15) is 0 Å². The molecule has 1 amide bonds. The van der Waals surface area contributed by atoms with Crippen LogP contribution in [0.3, 0.4) is 0 Å². The van der Waals surface area contributed by atoms with Gasteiger partial charge in [-0.25, -0.2) is 9.97 Å². The highest BCUT2D eigenvalue weighted by atomic mass is 35.5. The lowest BCUT2D eigenvalue weighted by Gasteiger charge is -2.44. The van der Waals surface area contributed by atoms with Crippen molar-refractivity contribution in [1.82, 2.24) is 20.2 Å². The molecule has 2 bridgehead atoms. The Morgan fingerprint density at radius 1 is 1.31 bits per heavy atom. The van der Waals surface area contributed by atoms with E-state index in [0.29, 0.717) is 34.2 Å². The number of para-hydroxylation sites is 1. The Morgan fingerprint density at radius 3 is 2.85 bits per heavy atom. The number of oxazole rings is 1. The van der Waals surface area contributed by atoms with E-state index in [-0.39, 0.29) is 24.4 Å². The molecule has 3 aliphatic heterocycles. The highest BCUT2D eigenvalue weighted by Gasteiger charge is 2.35. The number of fused-ring (bicyclic) bond motifs is 4. The first-order valence-corrected chi connectivity index (χ1v) is 9.53. The average Bonchev–Trinajstić information content (AvgIpc) is 3.31. The van der Waals surface area contributed by atoms with Crippen LogP contribution in [0.25, 0.3) is 22.7 Å². The van der Waals surface area contributed by atoms with Crippen molar-refractivity contribution in [1.29, 1.82) is 0 Å². The molecule has 3 saturated heterocycles. The van der Waals surface area contributed by atoms with Crippen LogP contribution in [0, 0.1) is 5.92 Å². The fourth-order valence-electron chi connectivity index (χ4n) is 3.93. The van der Waals surface area contributed by atoms with E-state index < -0.39 is 0 Å². The maximum Gasteiger partial charge on any atom is 0.253 e. The van der Waals surface area contributed by atoms with Gasteiger partial charge in [0.05, 0.1) is 11.1 Å². The molecule has 2 aromatic heterocycles.